The van der Waals surface area contributed by atoms with Crippen LogP contribution in [-0.2, 0) is 0 Å². The molecule has 0 spiro atoms. The molecule has 0 amide bonds. The van der Waals surface area contributed by atoms with E-state index in [2.05, 4.69) is 15.3 Å². The SMILES string of the molecule is c1cc2cncc(C3CCNCC3)c2cn1. The summed E-state index contributed by atoms with van der Waals surface area (Å²) in [5.74, 6) is 0.640. The second kappa shape index (κ2) is 4.18. The van der Waals surface area contributed by atoms with Crippen molar-refractivity contribution in [1.29, 1.82) is 0 Å². The fourth-order valence-corrected chi connectivity index (χ4v) is 2.48. The van der Waals surface area contributed by atoms with Gasteiger partial charge in [-0.25, -0.2) is 0 Å². The van der Waals surface area contributed by atoms with E-state index < -0.39 is 0 Å². The van der Waals surface area contributed by atoms with Crippen LogP contribution in [0.3, 0.4) is 0 Å². The minimum Gasteiger partial charge on any atom is -0.317 e. The van der Waals surface area contributed by atoms with Gasteiger partial charge in [-0.2, -0.15) is 0 Å². The van der Waals surface area contributed by atoms with Crippen molar-refractivity contribution in [3.63, 3.8) is 0 Å². The summed E-state index contributed by atoms with van der Waals surface area (Å²) in [5.41, 5.74) is 1.37. The van der Waals surface area contributed by atoms with Crippen LogP contribution in [0.15, 0.2) is 30.9 Å². The summed E-state index contributed by atoms with van der Waals surface area (Å²) >= 11 is 0. The molecule has 82 valence electrons. The maximum atomic E-state index is 4.34. The molecule has 0 bridgehead atoms. The van der Waals surface area contributed by atoms with Gasteiger partial charge in [-0.15, -0.1) is 0 Å². The van der Waals surface area contributed by atoms with E-state index in [1.165, 1.54) is 29.2 Å². The maximum Gasteiger partial charge on any atom is 0.0350 e. The zero-order valence-electron chi connectivity index (χ0n) is 9.19. The maximum absolute atomic E-state index is 4.34. The summed E-state index contributed by atoms with van der Waals surface area (Å²) in [6, 6.07) is 2.03. The highest BCUT2D eigenvalue weighted by Gasteiger charge is 2.17. The number of nitrogens with zero attached hydrogens (tertiary/aromatic N) is 2. The molecule has 3 heteroatoms. The summed E-state index contributed by atoms with van der Waals surface area (Å²) in [7, 11) is 0. The Kier molecular flexibility index (Phi) is 2.54. The first kappa shape index (κ1) is 9.73. The fourth-order valence-electron chi connectivity index (χ4n) is 2.48. The first-order valence-electron chi connectivity index (χ1n) is 5.83. The molecule has 0 unspecified atom stereocenters. The van der Waals surface area contributed by atoms with Crippen molar-refractivity contribution < 1.29 is 0 Å². The molecule has 1 aliphatic heterocycles. The fraction of sp³-hybridized carbons (Fsp3) is 0.385. The van der Waals surface area contributed by atoms with Crippen molar-refractivity contribution in [1.82, 2.24) is 15.3 Å². The zero-order valence-corrected chi connectivity index (χ0v) is 9.19. The van der Waals surface area contributed by atoms with E-state index in [1.807, 2.05) is 30.9 Å². The molecule has 1 saturated heterocycles. The van der Waals surface area contributed by atoms with E-state index in [4.69, 9.17) is 0 Å². The number of rotatable bonds is 1. The molecular weight excluding hydrogens is 198 g/mol. The van der Waals surface area contributed by atoms with E-state index in [9.17, 15) is 0 Å². The van der Waals surface area contributed by atoms with E-state index in [0.29, 0.717) is 5.92 Å². The Bertz CT molecular complexity index is 484. The van der Waals surface area contributed by atoms with Gasteiger partial charge < -0.3 is 5.32 Å². The van der Waals surface area contributed by atoms with Gasteiger partial charge in [0.1, 0.15) is 0 Å². The highest BCUT2D eigenvalue weighted by molar-refractivity contribution is 5.84. The van der Waals surface area contributed by atoms with Gasteiger partial charge >= 0.3 is 0 Å². The molecule has 1 N–H and O–H groups in total. The van der Waals surface area contributed by atoms with E-state index in [0.717, 1.165) is 13.1 Å². The van der Waals surface area contributed by atoms with Crippen molar-refractivity contribution >= 4 is 10.8 Å². The van der Waals surface area contributed by atoms with Crippen LogP contribution in [0.4, 0.5) is 0 Å². The lowest BCUT2D eigenvalue weighted by Gasteiger charge is -2.23. The molecule has 3 nitrogen and oxygen atoms in total. The van der Waals surface area contributed by atoms with Gasteiger partial charge in [0.25, 0.3) is 0 Å². The van der Waals surface area contributed by atoms with E-state index in [1.54, 1.807) is 0 Å². The largest absolute Gasteiger partial charge is 0.317 e. The zero-order chi connectivity index (χ0) is 10.8. The molecule has 1 aliphatic rings. The molecule has 0 radical (unpaired) electrons. The van der Waals surface area contributed by atoms with Crippen LogP contribution in [0.2, 0.25) is 0 Å². The molecule has 0 aromatic carbocycles. The van der Waals surface area contributed by atoms with Crippen LogP contribution < -0.4 is 5.32 Å². The Balaban J connectivity index is 2.08. The standard InChI is InChI=1S/C13H15N3/c1-4-14-5-2-10(1)12-9-16-7-11-3-6-15-8-13(11)12/h3,6-10,14H,1-2,4-5H2. The summed E-state index contributed by atoms with van der Waals surface area (Å²) in [6.07, 6.45) is 10.1. The lowest BCUT2D eigenvalue weighted by molar-refractivity contribution is 0.461. The summed E-state index contributed by atoms with van der Waals surface area (Å²) in [6.45, 7) is 2.22. The van der Waals surface area contributed by atoms with Crippen LogP contribution in [0, 0.1) is 0 Å². The predicted octanol–water partition coefficient (Wildman–Crippen LogP) is 2.10. The van der Waals surface area contributed by atoms with Crippen molar-refractivity contribution in [2.24, 2.45) is 0 Å². The second-order valence-corrected chi connectivity index (χ2v) is 4.35. The molecule has 0 atom stereocenters. The third-order valence-corrected chi connectivity index (χ3v) is 3.37. The first-order valence-corrected chi connectivity index (χ1v) is 5.83. The third kappa shape index (κ3) is 1.67. The molecule has 0 saturated carbocycles. The molecular formula is C13H15N3. The van der Waals surface area contributed by atoms with Gasteiger partial charge in [0, 0.05) is 35.6 Å². The molecule has 2 aromatic heterocycles. The predicted molar refractivity (Wildman–Crippen MR) is 64.4 cm³/mol. The lowest BCUT2D eigenvalue weighted by Crippen LogP contribution is -2.26. The Hall–Kier alpha value is -1.48. The molecule has 3 heterocycles. The topological polar surface area (TPSA) is 37.8 Å². The Morgan fingerprint density at radius 2 is 1.94 bits per heavy atom. The molecule has 16 heavy (non-hydrogen) atoms. The van der Waals surface area contributed by atoms with Gasteiger partial charge in [-0.1, -0.05) is 0 Å². The summed E-state index contributed by atoms with van der Waals surface area (Å²) < 4.78 is 0. The van der Waals surface area contributed by atoms with Crippen LogP contribution in [0.25, 0.3) is 10.8 Å². The number of piperidine rings is 1. The van der Waals surface area contributed by atoms with Crippen molar-refractivity contribution in [3.05, 3.63) is 36.4 Å². The average Bonchev–Trinajstić information content (AvgIpc) is 2.39. The van der Waals surface area contributed by atoms with Crippen LogP contribution >= 0.6 is 0 Å². The number of aromatic nitrogens is 2. The number of nitrogens with one attached hydrogen (secondary N) is 1. The monoisotopic (exact) mass is 213 g/mol. The number of fused-ring (bicyclic) bond motifs is 1. The molecule has 0 aliphatic carbocycles. The highest BCUT2D eigenvalue weighted by atomic mass is 14.9. The average molecular weight is 213 g/mol. The minimum atomic E-state index is 0.640. The Morgan fingerprint density at radius 1 is 1.06 bits per heavy atom. The number of hydrogen-bond acceptors (Lipinski definition) is 3. The minimum absolute atomic E-state index is 0.640. The first-order chi connectivity index (χ1) is 7.95. The van der Waals surface area contributed by atoms with Crippen LogP contribution in [0.5, 0.6) is 0 Å². The van der Waals surface area contributed by atoms with Crippen molar-refractivity contribution in [3.8, 4) is 0 Å². The molecule has 1 fully saturated rings. The Labute approximate surface area is 94.9 Å². The number of hydrogen-bond donors (Lipinski definition) is 1. The van der Waals surface area contributed by atoms with Gasteiger partial charge in [-0.3, -0.25) is 9.97 Å². The van der Waals surface area contributed by atoms with Gasteiger partial charge in [0.15, 0.2) is 0 Å². The quantitative estimate of drug-likeness (QED) is 0.788. The summed E-state index contributed by atoms with van der Waals surface area (Å²) in [4.78, 5) is 8.56. The van der Waals surface area contributed by atoms with Gasteiger partial charge in [0.05, 0.1) is 0 Å². The smallest absolute Gasteiger partial charge is 0.0350 e. The molecule has 3 rings (SSSR count). The van der Waals surface area contributed by atoms with Crippen molar-refractivity contribution in [2.45, 2.75) is 18.8 Å². The van der Waals surface area contributed by atoms with E-state index in [-0.39, 0.29) is 0 Å². The normalized spacial score (nSPS) is 17.8. The molecule has 2 aromatic rings. The number of pyridine rings is 2. The van der Waals surface area contributed by atoms with Crippen molar-refractivity contribution in [2.75, 3.05) is 13.1 Å². The van der Waals surface area contributed by atoms with E-state index >= 15 is 0 Å². The summed E-state index contributed by atoms with van der Waals surface area (Å²) in [5, 5.41) is 5.86. The second-order valence-electron chi connectivity index (χ2n) is 4.35. The Morgan fingerprint density at radius 3 is 2.81 bits per heavy atom. The third-order valence-electron chi connectivity index (χ3n) is 3.37. The van der Waals surface area contributed by atoms with Gasteiger partial charge in [-0.05, 0) is 43.5 Å². The lowest BCUT2D eigenvalue weighted by atomic mass is 9.89. The highest BCUT2D eigenvalue weighted by Crippen LogP contribution is 2.29. The van der Waals surface area contributed by atoms with Crippen LogP contribution in [-0.4, -0.2) is 23.1 Å². The van der Waals surface area contributed by atoms with Gasteiger partial charge in [0.2, 0.25) is 0 Å². The van der Waals surface area contributed by atoms with Crippen LogP contribution in [0.1, 0.15) is 24.3 Å².